The zero-order valence-electron chi connectivity index (χ0n) is 17.7. The first-order valence-corrected chi connectivity index (χ1v) is 13.0. The summed E-state index contributed by atoms with van der Waals surface area (Å²) in [6.45, 7) is 1.78. The molecular weight excluding hydrogens is 404 g/mol. The van der Waals surface area contributed by atoms with Gasteiger partial charge in [0.05, 0.1) is 25.6 Å². The summed E-state index contributed by atoms with van der Waals surface area (Å²) in [5.41, 5.74) is 1.22. The van der Waals surface area contributed by atoms with Crippen LogP contribution >= 0.6 is 0 Å². The predicted molar refractivity (Wildman–Crippen MR) is 115 cm³/mol. The lowest BCUT2D eigenvalue weighted by molar-refractivity contribution is -0.0367. The van der Waals surface area contributed by atoms with Crippen molar-refractivity contribution in [1.82, 2.24) is 9.62 Å². The number of sulfonamides is 1. The van der Waals surface area contributed by atoms with Gasteiger partial charge in [-0.25, -0.2) is 13.1 Å². The SMILES string of the molecule is CS(=O)(=O)N[C@H]1CCCN2C[C@@H](CO)Oc3ccccc3C3CCC(CC3)OC[C@@H]12. The molecule has 4 aliphatic rings. The van der Waals surface area contributed by atoms with Gasteiger partial charge in [0, 0.05) is 18.6 Å². The molecule has 0 spiro atoms. The average molecular weight is 439 g/mol. The molecule has 1 aromatic carbocycles. The van der Waals surface area contributed by atoms with Crippen molar-refractivity contribution in [3.05, 3.63) is 29.8 Å². The number of nitrogens with one attached hydrogen (secondary N) is 1. The summed E-state index contributed by atoms with van der Waals surface area (Å²) in [5, 5.41) is 10.1. The number of nitrogens with zero attached hydrogens (tertiary/aromatic N) is 1. The summed E-state index contributed by atoms with van der Waals surface area (Å²) < 4.78 is 39.4. The maximum absolute atomic E-state index is 11.9. The lowest BCUT2D eigenvalue weighted by atomic mass is 9.82. The molecule has 3 atom stereocenters. The minimum absolute atomic E-state index is 0.0696. The molecule has 2 fully saturated rings. The van der Waals surface area contributed by atoms with Crippen LogP contribution in [0.5, 0.6) is 5.75 Å². The molecule has 5 rings (SSSR count). The van der Waals surface area contributed by atoms with E-state index in [-0.39, 0.29) is 30.9 Å². The fourth-order valence-electron chi connectivity index (χ4n) is 5.26. The number of hydrogen-bond donors (Lipinski definition) is 2. The average Bonchev–Trinajstić information content (AvgIpc) is 2.74. The van der Waals surface area contributed by atoms with E-state index in [9.17, 15) is 13.5 Å². The Morgan fingerprint density at radius 1 is 1.17 bits per heavy atom. The summed E-state index contributed by atoms with van der Waals surface area (Å²) in [7, 11) is -3.31. The van der Waals surface area contributed by atoms with E-state index in [0.717, 1.165) is 50.8 Å². The number of piperidine rings is 1. The monoisotopic (exact) mass is 438 g/mol. The fraction of sp³-hybridized carbons (Fsp3) is 0.727. The summed E-state index contributed by atoms with van der Waals surface area (Å²) in [5.74, 6) is 1.31. The number of benzene rings is 1. The number of rotatable bonds is 3. The molecule has 0 aromatic heterocycles. The Bertz CT molecular complexity index is 810. The summed E-state index contributed by atoms with van der Waals surface area (Å²) in [4.78, 5) is 2.24. The summed E-state index contributed by atoms with van der Waals surface area (Å²) in [6, 6.07) is 7.92. The zero-order valence-corrected chi connectivity index (χ0v) is 18.5. The van der Waals surface area contributed by atoms with Crippen LogP contribution in [-0.4, -0.2) is 75.3 Å². The second-order valence-corrected chi connectivity index (χ2v) is 10.7. The second kappa shape index (κ2) is 9.53. The molecule has 3 heterocycles. The van der Waals surface area contributed by atoms with Crippen LogP contribution in [0.3, 0.4) is 0 Å². The van der Waals surface area contributed by atoms with E-state index >= 15 is 0 Å². The Hall–Kier alpha value is -1.19. The molecule has 2 bridgehead atoms. The van der Waals surface area contributed by atoms with Crippen molar-refractivity contribution in [1.29, 1.82) is 0 Å². The quantitative estimate of drug-likeness (QED) is 0.749. The van der Waals surface area contributed by atoms with Crippen molar-refractivity contribution < 1.29 is 23.0 Å². The van der Waals surface area contributed by atoms with Crippen LogP contribution < -0.4 is 9.46 Å². The molecule has 7 nitrogen and oxygen atoms in total. The maximum atomic E-state index is 11.9. The molecule has 8 heteroatoms. The van der Waals surface area contributed by atoms with Crippen LogP contribution in [-0.2, 0) is 14.8 Å². The first-order valence-electron chi connectivity index (χ1n) is 11.1. The van der Waals surface area contributed by atoms with Gasteiger partial charge in [-0.15, -0.1) is 0 Å². The van der Waals surface area contributed by atoms with Gasteiger partial charge in [0.15, 0.2) is 0 Å². The molecule has 1 saturated carbocycles. The van der Waals surface area contributed by atoms with Gasteiger partial charge in [-0.3, -0.25) is 4.90 Å². The van der Waals surface area contributed by atoms with E-state index in [2.05, 4.69) is 21.8 Å². The molecule has 1 aliphatic carbocycles. The highest BCUT2D eigenvalue weighted by atomic mass is 32.2. The third kappa shape index (κ3) is 5.34. The van der Waals surface area contributed by atoms with E-state index in [4.69, 9.17) is 9.47 Å². The lowest BCUT2D eigenvalue weighted by Crippen LogP contribution is -2.59. The first-order chi connectivity index (χ1) is 14.4. The van der Waals surface area contributed by atoms with Crippen molar-refractivity contribution in [3.8, 4) is 5.75 Å². The molecule has 1 saturated heterocycles. The zero-order chi connectivity index (χ0) is 21.1. The van der Waals surface area contributed by atoms with Gasteiger partial charge in [0.25, 0.3) is 0 Å². The van der Waals surface area contributed by atoms with Crippen LogP contribution in [0.2, 0.25) is 0 Å². The molecule has 0 unspecified atom stereocenters. The first kappa shape index (κ1) is 22.0. The smallest absolute Gasteiger partial charge is 0.209 e. The van der Waals surface area contributed by atoms with Gasteiger partial charge < -0.3 is 14.6 Å². The van der Waals surface area contributed by atoms with Gasteiger partial charge in [0.2, 0.25) is 10.0 Å². The van der Waals surface area contributed by atoms with E-state index in [1.807, 2.05) is 12.1 Å². The van der Waals surface area contributed by atoms with E-state index in [0.29, 0.717) is 19.1 Å². The largest absolute Gasteiger partial charge is 0.486 e. The van der Waals surface area contributed by atoms with Gasteiger partial charge in [-0.2, -0.15) is 0 Å². The topological polar surface area (TPSA) is 88.1 Å². The lowest BCUT2D eigenvalue weighted by Gasteiger charge is -2.42. The van der Waals surface area contributed by atoms with Crippen molar-refractivity contribution in [2.45, 2.75) is 68.7 Å². The third-order valence-electron chi connectivity index (χ3n) is 6.73. The van der Waals surface area contributed by atoms with Crippen molar-refractivity contribution >= 4 is 10.0 Å². The predicted octanol–water partition coefficient (Wildman–Crippen LogP) is 1.86. The number of aliphatic hydroxyl groups is 1. The number of fused-ring (bicyclic) bond motifs is 5. The number of aliphatic hydroxyl groups excluding tert-OH is 1. The molecule has 1 aromatic rings. The van der Waals surface area contributed by atoms with Gasteiger partial charge in [0.1, 0.15) is 11.9 Å². The molecule has 0 amide bonds. The molecule has 168 valence electrons. The van der Waals surface area contributed by atoms with E-state index in [1.54, 1.807) is 0 Å². The third-order valence-corrected chi connectivity index (χ3v) is 7.46. The Morgan fingerprint density at radius 2 is 1.93 bits per heavy atom. The number of hydrogen-bond acceptors (Lipinski definition) is 6. The van der Waals surface area contributed by atoms with E-state index < -0.39 is 10.0 Å². The summed E-state index contributed by atoms with van der Waals surface area (Å²) >= 11 is 0. The number of para-hydroxylation sites is 1. The van der Waals surface area contributed by atoms with E-state index in [1.165, 1.54) is 11.8 Å². The van der Waals surface area contributed by atoms with Gasteiger partial charge in [-0.05, 0) is 62.6 Å². The van der Waals surface area contributed by atoms with Crippen molar-refractivity contribution in [2.24, 2.45) is 0 Å². The highest BCUT2D eigenvalue weighted by Gasteiger charge is 2.36. The van der Waals surface area contributed by atoms with Crippen LogP contribution in [0, 0.1) is 0 Å². The van der Waals surface area contributed by atoms with Crippen LogP contribution in [0.1, 0.15) is 50.0 Å². The molecule has 30 heavy (non-hydrogen) atoms. The molecule has 2 N–H and O–H groups in total. The van der Waals surface area contributed by atoms with Crippen LogP contribution in [0.25, 0.3) is 0 Å². The van der Waals surface area contributed by atoms with Gasteiger partial charge in [-0.1, -0.05) is 18.2 Å². The Labute approximate surface area is 179 Å². The highest BCUT2D eigenvalue weighted by molar-refractivity contribution is 7.88. The summed E-state index contributed by atoms with van der Waals surface area (Å²) in [6.07, 6.45) is 6.84. The Kier molecular flexibility index (Phi) is 6.99. The minimum Gasteiger partial charge on any atom is -0.486 e. The van der Waals surface area contributed by atoms with Crippen molar-refractivity contribution in [2.75, 3.05) is 32.6 Å². The maximum Gasteiger partial charge on any atom is 0.209 e. The van der Waals surface area contributed by atoms with Gasteiger partial charge >= 0.3 is 0 Å². The van der Waals surface area contributed by atoms with Crippen molar-refractivity contribution in [3.63, 3.8) is 0 Å². The van der Waals surface area contributed by atoms with Crippen LogP contribution in [0.15, 0.2) is 24.3 Å². The molecule has 3 aliphatic heterocycles. The standard InChI is InChI=1S/C22H34N2O5S/c1-30(26,27)23-20-6-4-12-24-13-18(14-25)29-22-7-3-2-5-19(22)16-8-10-17(11-9-16)28-15-21(20)24/h2-3,5,7,16-18,20-21,23,25H,4,6,8-15H2,1H3/t16?,17?,18-,20-,21-/m0/s1. The Morgan fingerprint density at radius 3 is 2.67 bits per heavy atom. The number of ether oxygens (including phenoxy) is 2. The molecule has 0 radical (unpaired) electrons. The Balaban J connectivity index is 1.62. The normalized spacial score (nSPS) is 33.3. The minimum atomic E-state index is -3.31. The molecular formula is C22H34N2O5S. The van der Waals surface area contributed by atoms with Crippen LogP contribution in [0.4, 0.5) is 0 Å². The fourth-order valence-corrected chi connectivity index (χ4v) is 6.09. The highest BCUT2D eigenvalue weighted by Crippen LogP contribution is 2.39. The second-order valence-electron chi connectivity index (χ2n) is 8.97.